The maximum atomic E-state index is 11.7. The predicted molar refractivity (Wildman–Crippen MR) is 92.2 cm³/mol. The number of piperidine rings is 1. The van der Waals surface area contributed by atoms with E-state index < -0.39 is 0 Å². The zero-order valence-corrected chi connectivity index (χ0v) is 14.7. The minimum absolute atomic E-state index is 0.0235. The number of hydrogen-bond acceptors (Lipinski definition) is 3. The molecule has 128 valence electrons. The minimum Gasteiger partial charge on any atom is -0.356 e. The van der Waals surface area contributed by atoms with Crippen LogP contribution in [0, 0.1) is 0 Å². The van der Waals surface area contributed by atoms with E-state index in [0.29, 0.717) is 6.04 Å². The smallest absolute Gasteiger partial charge is 0.243 e. The summed E-state index contributed by atoms with van der Waals surface area (Å²) in [5.74, 6) is 0.793. The fourth-order valence-electron chi connectivity index (χ4n) is 2.49. The first-order valence-corrected chi connectivity index (χ1v) is 8.54. The van der Waals surface area contributed by atoms with Gasteiger partial charge in [0, 0.05) is 39.8 Å². The Morgan fingerprint density at radius 1 is 1.23 bits per heavy atom. The van der Waals surface area contributed by atoms with E-state index in [1.54, 1.807) is 19.0 Å². The molecule has 1 rings (SSSR count). The quantitative estimate of drug-likeness (QED) is 0.542. The first-order valence-electron chi connectivity index (χ1n) is 8.54. The van der Waals surface area contributed by atoms with Crippen molar-refractivity contribution in [2.45, 2.75) is 45.6 Å². The Balaban J connectivity index is 2.47. The molecule has 0 unspecified atom stereocenters. The van der Waals surface area contributed by atoms with Crippen LogP contribution in [0.15, 0.2) is 4.99 Å². The Hall–Kier alpha value is -1.30. The fraction of sp³-hybridized carbons (Fsp3) is 0.875. The lowest BCUT2D eigenvalue weighted by atomic mass is 10.1. The number of guanidine groups is 1. The zero-order valence-electron chi connectivity index (χ0n) is 14.7. The molecule has 1 heterocycles. The van der Waals surface area contributed by atoms with E-state index in [4.69, 9.17) is 0 Å². The SMILES string of the molecule is CCCNC(=NCC(=O)N(C)C)NC1CCN(CCC)CC1. The summed E-state index contributed by atoms with van der Waals surface area (Å²) in [6.07, 6.45) is 4.52. The normalized spacial score (nSPS) is 17.4. The van der Waals surface area contributed by atoms with Crippen LogP contribution in [0.2, 0.25) is 0 Å². The highest BCUT2D eigenvalue weighted by molar-refractivity contribution is 5.84. The van der Waals surface area contributed by atoms with Crippen LogP contribution < -0.4 is 10.6 Å². The number of likely N-dealkylation sites (N-methyl/N-ethyl adjacent to an activating group) is 1. The van der Waals surface area contributed by atoms with E-state index in [0.717, 1.165) is 44.9 Å². The first kappa shape index (κ1) is 18.7. The lowest BCUT2D eigenvalue weighted by Gasteiger charge is -2.32. The molecule has 6 nitrogen and oxygen atoms in total. The largest absolute Gasteiger partial charge is 0.356 e. The van der Waals surface area contributed by atoms with Crippen LogP contribution in [0.3, 0.4) is 0 Å². The second-order valence-electron chi connectivity index (χ2n) is 6.14. The van der Waals surface area contributed by atoms with Crippen LogP contribution in [0.4, 0.5) is 0 Å². The average Bonchev–Trinajstić information content (AvgIpc) is 2.51. The molecule has 0 saturated carbocycles. The van der Waals surface area contributed by atoms with E-state index in [1.165, 1.54) is 13.0 Å². The van der Waals surface area contributed by atoms with Crippen molar-refractivity contribution in [3.05, 3.63) is 0 Å². The maximum absolute atomic E-state index is 11.7. The first-order chi connectivity index (χ1) is 10.6. The van der Waals surface area contributed by atoms with Crippen molar-refractivity contribution < 1.29 is 4.79 Å². The summed E-state index contributed by atoms with van der Waals surface area (Å²) in [7, 11) is 3.52. The highest BCUT2D eigenvalue weighted by Crippen LogP contribution is 2.10. The molecule has 1 saturated heterocycles. The molecule has 1 aliphatic heterocycles. The summed E-state index contributed by atoms with van der Waals surface area (Å²) in [4.78, 5) is 20.2. The molecule has 2 N–H and O–H groups in total. The molecule has 0 radical (unpaired) electrons. The average molecular weight is 311 g/mol. The van der Waals surface area contributed by atoms with E-state index >= 15 is 0 Å². The number of carbonyl (C=O) groups excluding carboxylic acids is 1. The van der Waals surface area contributed by atoms with Crippen molar-refractivity contribution in [2.75, 3.05) is 46.8 Å². The fourth-order valence-corrected chi connectivity index (χ4v) is 2.49. The number of hydrogen-bond donors (Lipinski definition) is 2. The van der Waals surface area contributed by atoms with E-state index in [-0.39, 0.29) is 12.5 Å². The van der Waals surface area contributed by atoms with Crippen molar-refractivity contribution in [2.24, 2.45) is 4.99 Å². The summed E-state index contributed by atoms with van der Waals surface area (Å²) >= 11 is 0. The lowest BCUT2D eigenvalue weighted by molar-refractivity contribution is -0.127. The number of nitrogens with one attached hydrogen (secondary N) is 2. The van der Waals surface area contributed by atoms with Crippen molar-refractivity contribution in [3.8, 4) is 0 Å². The Kier molecular flexibility index (Phi) is 8.89. The monoisotopic (exact) mass is 311 g/mol. The van der Waals surface area contributed by atoms with Gasteiger partial charge in [-0.15, -0.1) is 0 Å². The summed E-state index contributed by atoms with van der Waals surface area (Å²) in [5, 5.41) is 6.79. The molecule has 0 aromatic carbocycles. The summed E-state index contributed by atoms with van der Waals surface area (Å²) in [6, 6.07) is 0.450. The van der Waals surface area contributed by atoms with Gasteiger partial charge in [0.25, 0.3) is 0 Å². The van der Waals surface area contributed by atoms with Gasteiger partial charge in [0.1, 0.15) is 6.54 Å². The van der Waals surface area contributed by atoms with Crippen molar-refractivity contribution in [1.29, 1.82) is 0 Å². The van der Waals surface area contributed by atoms with Crippen LogP contribution in [-0.2, 0) is 4.79 Å². The van der Waals surface area contributed by atoms with E-state index in [2.05, 4.69) is 34.4 Å². The molecule has 0 aromatic rings. The molecule has 6 heteroatoms. The van der Waals surface area contributed by atoms with Gasteiger partial charge in [-0.25, -0.2) is 4.99 Å². The second-order valence-corrected chi connectivity index (χ2v) is 6.14. The van der Waals surface area contributed by atoms with Gasteiger partial charge in [-0.3, -0.25) is 4.79 Å². The number of aliphatic imine (C=N–C) groups is 1. The standard InChI is InChI=1S/C16H33N5O/c1-5-9-17-16(18-13-15(22)20(3)4)19-14-7-11-21(10-6-2)12-8-14/h14H,5-13H2,1-4H3,(H2,17,18,19). The second kappa shape index (κ2) is 10.4. The Morgan fingerprint density at radius 2 is 1.91 bits per heavy atom. The molecule has 22 heavy (non-hydrogen) atoms. The van der Waals surface area contributed by atoms with Gasteiger partial charge in [-0.2, -0.15) is 0 Å². The third kappa shape index (κ3) is 7.11. The third-order valence-corrected chi connectivity index (χ3v) is 3.88. The lowest BCUT2D eigenvalue weighted by Crippen LogP contribution is -2.49. The van der Waals surface area contributed by atoms with Gasteiger partial charge in [0.05, 0.1) is 0 Å². The molecule has 1 amide bonds. The molecule has 0 bridgehead atoms. The predicted octanol–water partition coefficient (Wildman–Crippen LogP) is 0.894. The molecule has 1 fully saturated rings. The van der Waals surface area contributed by atoms with Crippen LogP contribution in [0.5, 0.6) is 0 Å². The van der Waals surface area contributed by atoms with Crippen molar-refractivity contribution in [3.63, 3.8) is 0 Å². The molecule has 0 spiro atoms. The molecule has 0 aromatic heterocycles. The van der Waals surface area contributed by atoms with E-state index in [1.807, 2.05) is 0 Å². The van der Waals surface area contributed by atoms with Gasteiger partial charge < -0.3 is 20.4 Å². The highest BCUT2D eigenvalue weighted by Gasteiger charge is 2.19. The number of carbonyl (C=O) groups is 1. The van der Waals surface area contributed by atoms with Gasteiger partial charge in [0.15, 0.2) is 5.96 Å². The molecular weight excluding hydrogens is 278 g/mol. The number of nitrogens with zero attached hydrogens (tertiary/aromatic N) is 3. The summed E-state index contributed by atoms with van der Waals surface area (Å²) in [5.41, 5.74) is 0. The van der Waals surface area contributed by atoms with Crippen molar-refractivity contribution in [1.82, 2.24) is 20.4 Å². The van der Waals surface area contributed by atoms with Gasteiger partial charge in [-0.1, -0.05) is 13.8 Å². The van der Waals surface area contributed by atoms with Gasteiger partial charge in [0.2, 0.25) is 5.91 Å². The topological polar surface area (TPSA) is 60.0 Å². The maximum Gasteiger partial charge on any atom is 0.243 e. The summed E-state index contributed by atoms with van der Waals surface area (Å²) < 4.78 is 0. The van der Waals surface area contributed by atoms with Gasteiger partial charge >= 0.3 is 0 Å². The number of rotatable bonds is 7. The zero-order chi connectivity index (χ0) is 16.4. The van der Waals surface area contributed by atoms with Crippen LogP contribution in [0.1, 0.15) is 39.5 Å². The molecular formula is C16H33N5O. The highest BCUT2D eigenvalue weighted by atomic mass is 16.2. The third-order valence-electron chi connectivity index (χ3n) is 3.88. The summed E-state index contributed by atoms with van der Waals surface area (Å²) in [6.45, 7) is 8.90. The Morgan fingerprint density at radius 3 is 2.45 bits per heavy atom. The number of amides is 1. The van der Waals surface area contributed by atoms with Crippen LogP contribution in [0.25, 0.3) is 0 Å². The van der Waals surface area contributed by atoms with Crippen molar-refractivity contribution >= 4 is 11.9 Å². The Labute approximate surface area is 135 Å². The van der Waals surface area contributed by atoms with Gasteiger partial charge in [-0.05, 0) is 32.2 Å². The van der Waals surface area contributed by atoms with Crippen LogP contribution in [-0.4, -0.2) is 74.5 Å². The molecule has 0 aliphatic carbocycles. The number of likely N-dealkylation sites (tertiary alicyclic amines) is 1. The minimum atomic E-state index is 0.0235. The molecule has 0 atom stereocenters. The van der Waals surface area contributed by atoms with E-state index in [9.17, 15) is 4.79 Å². The molecule has 1 aliphatic rings. The Bertz CT molecular complexity index is 348. The van der Waals surface area contributed by atoms with Crippen LogP contribution >= 0.6 is 0 Å².